The van der Waals surface area contributed by atoms with Crippen molar-refractivity contribution in [1.82, 2.24) is 9.80 Å². The Labute approximate surface area is 154 Å². The molecule has 0 radical (unpaired) electrons. The van der Waals surface area contributed by atoms with E-state index in [-0.39, 0.29) is 31.4 Å². The second-order valence-electron chi connectivity index (χ2n) is 6.67. The molecule has 1 fully saturated rings. The van der Waals surface area contributed by atoms with Crippen molar-refractivity contribution < 1.29 is 26.8 Å². The molecule has 0 atom stereocenters. The van der Waals surface area contributed by atoms with Crippen molar-refractivity contribution in [3.63, 3.8) is 0 Å². The van der Waals surface area contributed by atoms with Gasteiger partial charge in [0.15, 0.2) is 0 Å². The molecule has 0 unspecified atom stereocenters. The van der Waals surface area contributed by atoms with Crippen molar-refractivity contribution in [2.45, 2.75) is 38.1 Å². The number of rotatable bonds is 8. The fraction of sp³-hybridized carbons (Fsp3) is 0.421. The first kappa shape index (κ1) is 19.4. The quantitative estimate of drug-likeness (QED) is 0.646. The molecule has 0 spiro atoms. The summed E-state index contributed by atoms with van der Waals surface area (Å²) in [6, 6.07) is 9.37. The van der Waals surface area contributed by atoms with E-state index in [0.717, 1.165) is 17.7 Å². The Bertz CT molecular complexity index is 757. The van der Waals surface area contributed by atoms with Crippen LogP contribution in [0.2, 0.25) is 0 Å². The van der Waals surface area contributed by atoms with Gasteiger partial charge in [-0.05, 0) is 31.0 Å². The van der Waals surface area contributed by atoms with Gasteiger partial charge in [-0.15, -0.1) is 0 Å². The molecule has 1 amide bonds. The van der Waals surface area contributed by atoms with Crippen LogP contribution in [-0.4, -0.2) is 41.0 Å². The first-order valence-corrected chi connectivity index (χ1v) is 8.66. The second kappa shape index (κ2) is 8.12. The average molecular weight is 384 g/mol. The van der Waals surface area contributed by atoms with E-state index in [1.54, 1.807) is 29.2 Å². The van der Waals surface area contributed by atoms with Gasteiger partial charge in [0.25, 0.3) is 0 Å². The van der Waals surface area contributed by atoms with Crippen molar-refractivity contribution in [1.29, 1.82) is 0 Å². The monoisotopic (exact) mass is 384 g/mol. The van der Waals surface area contributed by atoms with Crippen LogP contribution in [0.1, 0.15) is 24.2 Å². The van der Waals surface area contributed by atoms with Gasteiger partial charge in [-0.3, -0.25) is 9.69 Å². The number of alkyl halides is 3. The van der Waals surface area contributed by atoms with E-state index >= 15 is 0 Å². The number of hydrogen-bond donors (Lipinski definition) is 0. The highest BCUT2D eigenvalue weighted by Gasteiger charge is 2.36. The molecule has 1 heterocycles. The molecule has 1 aliphatic carbocycles. The highest BCUT2D eigenvalue weighted by molar-refractivity contribution is 5.78. The Hall–Kier alpha value is -2.35. The third-order valence-corrected chi connectivity index (χ3v) is 4.38. The number of carbonyl (C=O) groups is 1. The predicted octanol–water partition coefficient (Wildman–Crippen LogP) is 3.97. The van der Waals surface area contributed by atoms with Gasteiger partial charge in [-0.25, -0.2) is 4.39 Å². The first-order chi connectivity index (χ1) is 12.8. The lowest BCUT2D eigenvalue weighted by Gasteiger charge is -2.28. The number of benzene rings is 1. The smallest absolute Gasteiger partial charge is 0.406 e. The summed E-state index contributed by atoms with van der Waals surface area (Å²) >= 11 is 0. The van der Waals surface area contributed by atoms with Gasteiger partial charge < -0.3 is 9.32 Å². The van der Waals surface area contributed by atoms with Crippen LogP contribution in [0.5, 0.6) is 0 Å². The van der Waals surface area contributed by atoms with E-state index in [4.69, 9.17) is 4.42 Å². The van der Waals surface area contributed by atoms with E-state index in [1.807, 2.05) is 0 Å². The SMILES string of the molecule is O=C(CN(Cc1ccccc1F)C1CC1)N(Cc1ccco1)CC(F)(F)F. The van der Waals surface area contributed by atoms with Gasteiger partial charge in [-0.2, -0.15) is 13.2 Å². The van der Waals surface area contributed by atoms with Gasteiger partial charge >= 0.3 is 6.18 Å². The third-order valence-electron chi connectivity index (χ3n) is 4.38. The van der Waals surface area contributed by atoms with E-state index in [2.05, 4.69) is 0 Å². The van der Waals surface area contributed by atoms with Gasteiger partial charge in [-0.1, -0.05) is 18.2 Å². The molecule has 4 nitrogen and oxygen atoms in total. The molecule has 3 rings (SSSR count). The summed E-state index contributed by atoms with van der Waals surface area (Å²) in [5.74, 6) is -0.773. The largest absolute Gasteiger partial charge is 0.467 e. The Morgan fingerprint density at radius 3 is 2.44 bits per heavy atom. The molecule has 146 valence electrons. The van der Waals surface area contributed by atoms with E-state index in [1.165, 1.54) is 18.4 Å². The normalized spacial score (nSPS) is 14.6. The van der Waals surface area contributed by atoms with Crippen LogP contribution in [0, 0.1) is 5.82 Å². The minimum absolute atomic E-state index is 0.0879. The molecule has 0 aliphatic heterocycles. The van der Waals surface area contributed by atoms with Crippen molar-refractivity contribution >= 4 is 5.91 Å². The van der Waals surface area contributed by atoms with Gasteiger partial charge in [0.1, 0.15) is 18.1 Å². The van der Waals surface area contributed by atoms with Crippen molar-refractivity contribution in [2.75, 3.05) is 13.1 Å². The molecule has 0 N–H and O–H groups in total. The Balaban J connectivity index is 1.70. The summed E-state index contributed by atoms with van der Waals surface area (Å²) in [7, 11) is 0. The van der Waals surface area contributed by atoms with Crippen LogP contribution >= 0.6 is 0 Å². The van der Waals surface area contributed by atoms with E-state index in [0.29, 0.717) is 5.56 Å². The average Bonchev–Trinajstić information content (AvgIpc) is 3.32. The van der Waals surface area contributed by atoms with Crippen LogP contribution in [0.25, 0.3) is 0 Å². The number of nitrogens with zero attached hydrogens (tertiary/aromatic N) is 2. The summed E-state index contributed by atoms with van der Waals surface area (Å²) < 4.78 is 57.7. The third kappa shape index (κ3) is 5.82. The zero-order valence-electron chi connectivity index (χ0n) is 14.6. The maximum Gasteiger partial charge on any atom is 0.406 e. The Morgan fingerprint density at radius 2 is 1.85 bits per heavy atom. The summed E-state index contributed by atoms with van der Waals surface area (Å²) in [4.78, 5) is 15.1. The summed E-state index contributed by atoms with van der Waals surface area (Å²) in [5.41, 5.74) is 0.422. The fourth-order valence-electron chi connectivity index (χ4n) is 2.91. The molecule has 1 saturated carbocycles. The van der Waals surface area contributed by atoms with Gasteiger partial charge in [0.05, 0.1) is 19.4 Å². The van der Waals surface area contributed by atoms with Crippen molar-refractivity contribution in [2.24, 2.45) is 0 Å². The minimum Gasteiger partial charge on any atom is -0.467 e. The first-order valence-electron chi connectivity index (χ1n) is 8.66. The van der Waals surface area contributed by atoms with Crippen molar-refractivity contribution in [3.8, 4) is 0 Å². The second-order valence-corrected chi connectivity index (χ2v) is 6.67. The van der Waals surface area contributed by atoms with Crippen molar-refractivity contribution in [3.05, 3.63) is 59.8 Å². The van der Waals surface area contributed by atoms with Crippen LogP contribution in [0.4, 0.5) is 17.6 Å². The number of amides is 1. The molecular formula is C19H20F4N2O2. The lowest BCUT2D eigenvalue weighted by atomic mass is 10.2. The number of carbonyl (C=O) groups excluding carboxylic acids is 1. The zero-order chi connectivity index (χ0) is 19.4. The summed E-state index contributed by atoms with van der Waals surface area (Å²) in [6.45, 7) is -1.63. The predicted molar refractivity (Wildman–Crippen MR) is 90.0 cm³/mol. The Morgan fingerprint density at radius 1 is 1.11 bits per heavy atom. The van der Waals surface area contributed by atoms with Crippen LogP contribution in [-0.2, 0) is 17.9 Å². The van der Waals surface area contributed by atoms with Crippen LogP contribution in [0.3, 0.4) is 0 Å². The van der Waals surface area contributed by atoms with Gasteiger partial charge in [0.2, 0.25) is 5.91 Å². The maximum absolute atomic E-state index is 13.9. The molecule has 0 saturated heterocycles. The lowest BCUT2D eigenvalue weighted by Crippen LogP contribution is -2.44. The molecule has 1 aliphatic rings. The highest BCUT2D eigenvalue weighted by Crippen LogP contribution is 2.29. The van der Waals surface area contributed by atoms with Gasteiger partial charge in [0, 0.05) is 18.2 Å². The Kier molecular flexibility index (Phi) is 5.84. The maximum atomic E-state index is 13.9. The number of furan rings is 1. The molecule has 2 aromatic rings. The zero-order valence-corrected chi connectivity index (χ0v) is 14.6. The summed E-state index contributed by atoms with van der Waals surface area (Å²) in [5, 5.41) is 0. The summed E-state index contributed by atoms with van der Waals surface area (Å²) in [6.07, 6.45) is -1.48. The molecule has 27 heavy (non-hydrogen) atoms. The highest BCUT2D eigenvalue weighted by atomic mass is 19.4. The minimum atomic E-state index is -4.52. The van der Waals surface area contributed by atoms with Crippen LogP contribution < -0.4 is 0 Å². The lowest BCUT2D eigenvalue weighted by molar-refractivity contribution is -0.163. The standard InChI is InChI=1S/C19H20F4N2O2/c20-17-6-2-1-4-14(17)10-24(15-7-8-15)12-18(26)25(13-19(21,22)23)11-16-5-3-9-27-16/h1-6,9,15H,7-8,10-13H2. The molecular weight excluding hydrogens is 364 g/mol. The van der Waals surface area contributed by atoms with Crippen LogP contribution in [0.15, 0.2) is 47.1 Å². The molecule has 8 heteroatoms. The molecule has 1 aromatic heterocycles. The van der Waals surface area contributed by atoms with E-state index in [9.17, 15) is 22.4 Å². The number of halogens is 4. The van der Waals surface area contributed by atoms with E-state index < -0.39 is 24.4 Å². The molecule has 0 bridgehead atoms. The number of hydrogen-bond acceptors (Lipinski definition) is 3. The fourth-order valence-corrected chi connectivity index (χ4v) is 2.91. The topological polar surface area (TPSA) is 36.7 Å². The molecule has 1 aromatic carbocycles.